The van der Waals surface area contributed by atoms with Crippen molar-refractivity contribution in [2.45, 2.75) is 25.4 Å². The van der Waals surface area contributed by atoms with Crippen molar-refractivity contribution in [3.05, 3.63) is 65.5 Å². The van der Waals surface area contributed by atoms with Crippen molar-refractivity contribution in [2.24, 2.45) is 0 Å². The number of aryl methyl sites for hydroxylation is 1. The van der Waals surface area contributed by atoms with Gasteiger partial charge in [-0.15, -0.1) is 0 Å². The predicted octanol–water partition coefficient (Wildman–Crippen LogP) is 4.11. The van der Waals surface area contributed by atoms with Crippen LogP contribution in [-0.4, -0.2) is 50.1 Å². The summed E-state index contributed by atoms with van der Waals surface area (Å²) in [5.74, 6) is -0.357. The first-order valence-corrected chi connectivity index (χ1v) is 10.5. The summed E-state index contributed by atoms with van der Waals surface area (Å²) in [7, 11) is 0. The number of carbonyl (C=O) groups excluding carboxylic acids is 1. The number of amides is 1. The van der Waals surface area contributed by atoms with E-state index in [0.29, 0.717) is 38.2 Å². The Hall–Kier alpha value is -2.61. The summed E-state index contributed by atoms with van der Waals surface area (Å²) >= 11 is 0. The molecule has 0 aromatic heterocycles. The van der Waals surface area contributed by atoms with Gasteiger partial charge in [-0.2, -0.15) is 13.2 Å². The lowest BCUT2D eigenvalue weighted by atomic mass is 10.1. The van der Waals surface area contributed by atoms with E-state index in [9.17, 15) is 22.4 Å². The zero-order chi connectivity index (χ0) is 22.3. The zero-order valence-corrected chi connectivity index (χ0v) is 17.3. The first kappa shape index (κ1) is 23.1. The van der Waals surface area contributed by atoms with Crippen LogP contribution in [0.3, 0.4) is 0 Å². The van der Waals surface area contributed by atoms with Gasteiger partial charge in [0.25, 0.3) is 0 Å². The third kappa shape index (κ3) is 7.24. The van der Waals surface area contributed by atoms with E-state index in [1.54, 1.807) is 18.2 Å². The number of carbonyl (C=O) groups is 1. The molecule has 0 unspecified atom stereocenters. The highest BCUT2D eigenvalue weighted by Crippen LogP contribution is 2.31. The second-order valence-electron chi connectivity index (χ2n) is 7.71. The summed E-state index contributed by atoms with van der Waals surface area (Å²) in [6, 6.07) is 11.7. The van der Waals surface area contributed by atoms with E-state index in [0.717, 1.165) is 37.7 Å². The predicted molar refractivity (Wildman–Crippen MR) is 112 cm³/mol. The summed E-state index contributed by atoms with van der Waals surface area (Å²) in [5.41, 5.74) is 0.773. The number of hydrogen-bond donors (Lipinski definition) is 1. The zero-order valence-electron chi connectivity index (χ0n) is 17.3. The second kappa shape index (κ2) is 10.6. The molecule has 1 heterocycles. The lowest BCUT2D eigenvalue weighted by Gasteiger charge is -2.36. The fourth-order valence-electron chi connectivity index (χ4n) is 3.68. The highest BCUT2D eigenvalue weighted by atomic mass is 19.4. The molecule has 31 heavy (non-hydrogen) atoms. The van der Waals surface area contributed by atoms with Gasteiger partial charge in [0, 0.05) is 44.8 Å². The van der Waals surface area contributed by atoms with Crippen molar-refractivity contribution in [3.8, 4) is 0 Å². The van der Waals surface area contributed by atoms with Gasteiger partial charge in [0.15, 0.2) is 0 Å². The maximum atomic E-state index is 13.1. The van der Waals surface area contributed by atoms with Crippen molar-refractivity contribution >= 4 is 11.6 Å². The standard InChI is InChI=1S/C23H27F4N3O/c24-20-6-1-4-18(16-20)8-9-22(31)28-10-3-11-29-12-14-30(15-13-29)21-7-2-5-19(17-21)23(25,26)27/h1-2,4-7,16-17H,3,8-15H2,(H,28,31). The molecule has 0 spiro atoms. The van der Waals surface area contributed by atoms with Crippen LogP contribution in [0.5, 0.6) is 0 Å². The van der Waals surface area contributed by atoms with Gasteiger partial charge in [-0.05, 0) is 55.3 Å². The van der Waals surface area contributed by atoms with Gasteiger partial charge in [-0.25, -0.2) is 4.39 Å². The summed E-state index contributed by atoms with van der Waals surface area (Å²) in [4.78, 5) is 16.2. The summed E-state index contributed by atoms with van der Waals surface area (Å²) in [6.07, 6.45) is -2.71. The monoisotopic (exact) mass is 437 g/mol. The van der Waals surface area contributed by atoms with Crippen LogP contribution in [0.4, 0.5) is 23.2 Å². The number of alkyl halides is 3. The third-order valence-corrected chi connectivity index (χ3v) is 5.41. The number of benzene rings is 2. The molecule has 2 aromatic rings. The minimum Gasteiger partial charge on any atom is -0.369 e. The minimum absolute atomic E-state index is 0.0568. The van der Waals surface area contributed by atoms with E-state index in [1.807, 2.05) is 4.90 Å². The van der Waals surface area contributed by atoms with E-state index in [2.05, 4.69) is 10.2 Å². The number of hydrogen-bond acceptors (Lipinski definition) is 3. The number of piperazine rings is 1. The van der Waals surface area contributed by atoms with E-state index in [4.69, 9.17) is 0 Å². The molecule has 8 heteroatoms. The highest BCUT2D eigenvalue weighted by Gasteiger charge is 2.31. The number of anilines is 1. The molecule has 1 amide bonds. The number of nitrogens with one attached hydrogen (secondary N) is 1. The van der Waals surface area contributed by atoms with E-state index >= 15 is 0 Å². The Labute approximate surface area is 179 Å². The maximum Gasteiger partial charge on any atom is 0.416 e. The molecule has 1 aliphatic rings. The Bertz CT molecular complexity index is 864. The van der Waals surface area contributed by atoms with Crippen LogP contribution in [0.25, 0.3) is 0 Å². The van der Waals surface area contributed by atoms with Crippen LogP contribution in [0.1, 0.15) is 24.0 Å². The molecule has 2 aromatic carbocycles. The molecule has 0 bridgehead atoms. The van der Waals surface area contributed by atoms with Crippen molar-refractivity contribution < 1.29 is 22.4 Å². The molecule has 3 rings (SSSR count). The smallest absolute Gasteiger partial charge is 0.369 e. The highest BCUT2D eigenvalue weighted by molar-refractivity contribution is 5.76. The molecule has 1 saturated heterocycles. The van der Waals surface area contributed by atoms with Gasteiger partial charge < -0.3 is 10.2 Å². The molecule has 4 nitrogen and oxygen atoms in total. The normalized spacial score (nSPS) is 15.2. The summed E-state index contributed by atoms with van der Waals surface area (Å²) < 4.78 is 51.9. The van der Waals surface area contributed by atoms with Crippen LogP contribution >= 0.6 is 0 Å². The molecule has 1 aliphatic heterocycles. The molecule has 0 aliphatic carbocycles. The minimum atomic E-state index is -4.33. The fraction of sp³-hybridized carbons (Fsp3) is 0.435. The quantitative estimate of drug-likeness (QED) is 0.499. The average molecular weight is 437 g/mol. The molecule has 0 atom stereocenters. The molecular formula is C23H27F4N3O. The summed E-state index contributed by atoms with van der Waals surface area (Å²) in [6.45, 7) is 4.26. The molecular weight excluding hydrogens is 410 g/mol. The van der Waals surface area contributed by atoms with Gasteiger partial charge in [0.2, 0.25) is 5.91 Å². The number of rotatable bonds is 8. The molecule has 168 valence electrons. The van der Waals surface area contributed by atoms with Crippen molar-refractivity contribution in [1.82, 2.24) is 10.2 Å². The van der Waals surface area contributed by atoms with Gasteiger partial charge in [0.1, 0.15) is 5.82 Å². The van der Waals surface area contributed by atoms with Gasteiger partial charge in [0.05, 0.1) is 5.56 Å². The molecule has 1 N–H and O–H groups in total. The summed E-state index contributed by atoms with van der Waals surface area (Å²) in [5, 5.41) is 2.89. The van der Waals surface area contributed by atoms with E-state index in [1.165, 1.54) is 24.3 Å². The van der Waals surface area contributed by atoms with Crippen LogP contribution in [0.2, 0.25) is 0 Å². The van der Waals surface area contributed by atoms with Crippen LogP contribution < -0.4 is 10.2 Å². The Morgan fingerprint density at radius 3 is 2.45 bits per heavy atom. The first-order chi connectivity index (χ1) is 14.8. The Morgan fingerprint density at radius 2 is 1.74 bits per heavy atom. The lowest BCUT2D eigenvalue weighted by molar-refractivity contribution is -0.137. The SMILES string of the molecule is O=C(CCc1cccc(F)c1)NCCCN1CCN(c2cccc(C(F)(F)F)c2)CC1. The molecule has 0 saturated carbocycles. The van der Waals surface area contributed by atoms with Crippen molar-refractivity contribution in [3.63, 3.8) is 0 Å². The lowest BCUT2D eigenvalue weighted by Crippen LogP contribution is -2.47. The maximum absolute atomic E-state index is 13.1. The number of nitrogens with zero attached hydrogens (tertiary/aromatic N) is 2. The van der Waals surface area contributed by atoms with E-state index in [-0.39, 0.29) is 11.7 Å². The molecule has 1 fully saturated rings. The molecule has 0 radical (unpaired) electrons. The van der Waals surface area contributed by atoms with Crippen molar-refractivity contribution in [1.29, 1.82) is 0 Å². The average Bonchev–Trinajstić information content (AvgIpc) is 2.75. The van der Waals surface area contributed by atoms with E-state index < -0.39 is 11.7 Å². The number of halogens is 4. The fourth-order valence-corrected chi connectivity index (χ4v) is 3.68. The van der Waals surface area contributed by atoms with Gasteiger partial charge in [-0.1, -0.05) is 18.2 Å². The third-order valence-electron chi connectivity index (χ3n) is 5.41. The van der Waals surface area contributed by atoms with Gasteiger partial charge in [-0.3, -0.25) is 9.69 Å². The Morgan fingerprint density at radius 1 is 1.00 bits per heavy atom. The Kier molecular flexibility index (Phi) is 7.90. The van der Waals surface area contributed by atoms with Crippen LogP contribution in [-0.2, 0) is 17.4 Å². The van der Waals surface area contributed by atoms with Gasteiger partial charge >= 0.3 is 6.18 Å². The van der Waals surface area contributed by atoms with Crippen molar-refractivity contribution in [2.75, 3.05) is 44.2 Å². The largest absolute Gasteiger partial charge is 0.416 e. The van der Waals surface area contributed by atoms with Crippen LogP contribution in [0, 0.1) is 5.82 Å². The topological polar surface area (TPSA) is 35.6 Å². The second-order valence-corrected chi connectivity index (χ2v) is 7.71. The Balaban J connectivity index is 1.32. The van der Waals surface area contributed by atoms with Crippen LogP contribution in [0.15, 0.2) is 48.5 Å². The first-order valence-electron chi connectivity index (χ1n) is 10.5.